The largest absolute Gasteiger partial charge is 2.00 e. The second-order valence-electron chi connectivity index (χ2n) is 4.11. The smallest absolute Gasteiger partial charge is 0.776 e. The van der Waals surface area contributed by atoms with Crippen molar-refractivity contribution in [2.24, 2.45) is 0 Å². The Hall–Kier alpha value is 0.986. The molecule has 0 bridgehead atoms. The first-order valence-electron chi connectivity index (χ1n) is 5.10. The minimum absolute atomic E-state index is 0. The maximum atomic E-state index is 10.9. The molecule has 1 fully saturated rings. The molecule has 11 heteroatoms. The van der Waals surface area contributed by atoms with Crippen LogP contribution in [0.1, 0.15) is 19.3 Å². The second kappa shape index (κ2) is 6.63. The van der Waals surface area contributed by atoms with E-state index in [4.69, 9.17) is 9.79 Å². The van der Waals surface area contributed by atoms with Crippen LogP contribution < -0.4 is 9.79 Å². The van der Waals surface area contributed by atoms with Crippen LogP contribution in [0.5, 0.6) is 0 Å². The first-order valence-corrected chi connectivity index (χ1v) is 8.26. The van der Waals surface area contributed by atoms with Gasteiger partial charge in [-0.05, 0) is 25.9 Å². The number of likely N-dealkylation sites (tertiary alicyclic amines) is 1. The predicted octanol–water partition coefficient (Wildman–Crippen LogP) is -2.17. The number of aliphatic hydroxyl groups is 1. The van der Waals surface area contributed by atoms with Crippen molar-refractivity contribution in [2.75, 3.05) is 19.6 Å². The number of nitrogens with zero attached hydrogens (tertiary/aromatic N) is 1. The zero-order valence-electron chi connectivity index (χ0n) is 9.77. The Kier molecular flexibility index (Phi) is 6.99. The Balaban J connectivity index is 0.00000289. The van der Waals surface area contributed by atoms with E-state index in [-0.39, 0.29) is 29.6 Å². The average molecular weight is 311 g/mol. The monoisotopic (exact) mass is 311 g/mol. The molecule has 0 amide bonds. The molecule has 0 saturated carbocycles. The van der Waals surface area contributed by atoms with Crippen molar-refractivity contribution in [3.63, 3.8) is 0 Å². The van der Waals surface area contributed by atoms with Crippen molar-refractivity contribution < 1.29 is 33.8 Å². The molecule has 0 aliphatic carbocycles. The van der Waals surface area contributed by atoms with Crippen molar-refractivity contribution >= 4 is 38.2 Å². The normalized spacial score (nSPS) is 26.7. The standard InChI is InChI=1S/C7H17NO7P2.Mg/c9-7(16(10,11)12,17(13,14)15)3-6-8-4-1-2-5-8;/h9H,1-6H2,(H2,10,11,12)(H2,13,14,15);/q;+2/p-2. The van der Waals surface area contributed by atoms with Gasteiger partial charge in [-0.25, -0.2) is 0 Å². The van der Waals surface area contributed by atoms with Crippen LogP contribution in [-0.2, 0) is 9.13 Å². The van der Waals surface area contributed by atoms with Gasteiger partial charge in [0.25, 0.3) is 0 Å². The number of hydrogen-bond acceptors (Lipinski definition) is 6. The van der Waals surface area contributed by atoms with Gasteiger partial charge in [0.1, 0.15) is 0 Å². The van der Waals surface area contributed by atoms with Gasteiger partial charge in [-0.2, -0.15) is 0 Å². The second-order valence-corrected chi connectivity index (χ2v) is 8.03. The van der Waals surface area contributed by atoms with E-state index in [0.717, 1.165) is 12.8 Å². The van der Waals surface area contributed by atoms with E-state index in [9.17, 15) is 24.0 Å². The molecule has 1 rings (SSSR count). The molecule has 1 aliphatic rings. The Bertz CT molecular complexity index is 339. The maximum absolute atomic E-state index is 10.9. The molecule has 0 radical (unpaired) electrons. The zero-order chi connectivity index (χ0) is 13.3. The van der Waals surface area contributed by atoms with Crippen molar-refractivity contribution in [2.45, 2.75) is 24.3 Å². The van der Waals surface area contributed by atoms with E-state index in [1.807, 2.05) is 0 Å². The first kappa shape index (κ1) is 19.0. The first-order chi connectivity index (χ1) is 7.58. The molecule has 0 aromatic carbocycles. The molecule has 2 unspecified atom stereocenters. The van der Waals surface area contributed by atoms with Crippen LogP contribution in [0.3, 0.4) is 0 Å². The molecule has 102 valence electrons. The summed E-state index contributed by atoms with van der Waals surface area (Å²) in [4.78, 5) is 41.0. The summed E-state index contributed by atoms with van der Waals surface area (Å²) in [5, 5.41) is 5.97. The summed E-state index contributed by atoms with van der Waals surface area (Å²) in [5.41, 5.74) is 0. The summed E-state index contributed by atoms with van der Waals surface area (Å²) in [5.74, 6) is 0. The van der Waals surface area contributed by atoms with Crippen LogP contribution in [0.25, 0.3) is 0 Å². The Labute approximate surface area is 121 Å². The molecule has 3 N–H and O–H groups in total. The number of hydrogen-bond donors (Lipinski definition) is 3. The molecule has 0 spiro atoms. The summed E-state index contributed by atoms with van der Waals surface area (Å²) in [7, 11) is -11.2. The molecule has 18 heavy (non-hydrogen) atoms. The fourth-order valence-electron chi connectivity index (χ4n) is 1.76. The minimum Gasteiger partial charge on any atom is -0.776 e. The Morgan fingerprint density at radius 3 is 1.83 bits per heavy atom. The SMILES string of the molecule is O=P([O-])(O)C(O)(CCN1CCCC1)P(=O)([O-])O.[Mg+2]. The van der Waals surface area contributed by atoms with Crippen LogP contribution in [-0.4, -0.2) is 67.6 Å². The van der Waals surface area contributed by atoms with Gasteiger partial charge in [-0.1, -0.05) is 0 Å². The topological polar surface area (TPSA) is 144 Å². The van der Waals surface area contributed by atoms with Crippen LogP contribution in [0.2, 0.25) is 0 Å². The van der Waals surface area contributed by atoms with Crippen molar-refractivity contribution in [3.05, 3.63) is 0 Å². The fourth-order valence-corrected chi connectivity index (χ4v) is 3.80. The molecular formula is C7H15MgNO7P2. The molecular weight excluding hydrogens is 296 g/mol. The van der Waals surface area contributed by atoms with Crippen LogP contribution in [0.15, 0.2) is 0 Å². The summed E-state index contributed by atoms with van der Waals surface area (Å²) in [6.07, 6.45) is 1.03. The zero-order valence-corrected chi connectivity index (χ0v) is 13.0. The van der Waals surface area contributed by atoms with Crippen molar-refractivity contribution in [1.82, 2.24) is 4.90 Å². The van der Waals surface area contributed by atoms with Crippen LogP contribution >= 0.6 is 15.2 Å². The Morgan fingerprint density at radius 2 is 1.50 bits per heavy atom. The van der Waals surface area contributed by atoms with E-state index in [2.05, 4.69) is 0 Å². The van der Waals surface area contributed by atoms with Gasteiger partial charge in [-0.15, -0.1) is 0 Å². The van der Waals surface area contributed by atoms with Crippen molar-refractivity contribution in [1.29, 1.82) is 0 Å². The van der Waals surface area contributed by atoms with Crippen LogP contribution in [0, 0.1) is 0 Å². The van der Waals surface area contributed by atoms with Crippen molar-refractivity contribution in [3.8, 4) is 0 Å². The molecule has 2 atom stereocenters. The quantitative estimate of drug-likeness (QED) is 0.384. The van der Waals surface area contributed by atoms with E-state index in [0.29, 0.717) is 13.1 Å². The van der Waals surface area contributed by atoms with E-state index in [1.165, 1.54) is 0 Å². The summed E-state index contributed by atoms with van der Waals surface area (Å²) in [6, 6.07) is 0. The van der Waals surface area contributed by atoms with Crippen LogP contribution in [0.4, 0.5) is 0 Å². The van der Waals surface area contributed by atoms with Gasteiger partial charge < -0.3 is 38.7 Å². The molecule has 8 nitrogen and oxygen atoms in total. The van der Waals surface area contributed by atoms with Gasteiger partial charge >= 0.3 is 23.1 Å². The number of rotatable bonds is 5. The summed E-state index contributed by atoms with van der Waals surface area (Å²) in [6.45, 7) is 1.30. The van der Waals surface area contributed by atoms with E-state index in [1.54, 1.807) is 4.90 Å². The molecule has 0 aromatic rings. The van der Waals surface area contributed by atoms with Gasteiger partial charge in [0.15, 0.2) is 20.3 Å². The average Bonchev–Trinajstić information content (AvgIpc) is 2.62. The molecule has 0 aromatic heterocycles. The van der Waals surface area contributed by atoms with Gasteiger partial charge in [-0.3, -0.25) is 0 Å². The Morgan fingerprint density at radius 1 is 1.11 bits per heavy atom. The summed E-state index contributed by atoms with van der Waals surface area (Å²) >= 11 is 0. The van der Waals surface area contributed by atoms with E-state index < -0.39 is 26.7 Å². The third-order valence-electron chi connectivity index (χ3n) is 2.87. The molecule has 1 saturated heterocycles. The van der Waals surface area contributed by atoms with Gasteiger partial charge in [0, 0.05) is 13.0 Å². The van der Waals surface area contributed by atoms with E-state index >= 15 is 0 Å². The maximum Gasteiger partial charge on any atom is 2.00 e. The third kappa shape index (κ3) is 4.24. The third-order valence-corrected chi connectivity index (χ3v) is 6.64. The minimum atomic E-state index is -5.61. The van der Waals surface area contributed by atoms with Gasteiger partial charge in [0.05, 0.1) is 0 Å². The summed E-state index contributed by atoms with van der Waals surface area (Å²) < 4.78 is 21.8. The predicted molar refractivity (Wildman–Crippen MR) is 60.6 cm³/mol. The fraction of sp³-hybridized carbons (Fsp3) is 1.00. The molecule has 1 aliphatic heterocycles. The molecule has 1 heterocycles. The van der Waals surface area contributed by atoms with Gasteiger partial charge in [0.2, 0.25) is 0 Å².